The van der Waals surface area contributed by atoms with E-state index in [-0.39, 0.29) is 17.4 Å². The lowest BCUT2D eigenvalue weighted by molar-refractivity contribution is 0.0934. The summed E-state index contributed by atoms with van der Waals surface area (Å²) in [5.74, 6) is 0.0203. The van der Waals surface area contributed by atoms with Crippen LogP contribution in [0, 0.1) is 20.8 Å². The summed E-state index contributed by atoms with van der Waals surface area (Å²) in [6.07, 6.45) is 0.895. The molecule has 0 radical (unpaired) electrons. The van der Waals surface area contributed by atoms with E-state index < -0.39 is 0 Å². The molecule has 0 aliphatic carbocycles. The van der Waals surface area contributed by atoms with Gasteiger partial charge in [0.05, 0.1) is 0 Å². The van der Waals surface area contributed by atoms with Crippen LogP contribution in [0.1, 0.15) is 59.8 Å². The fraction of sp³-hybridized carbons (Fsp3) is 0.409. The van der Waals surface area contributed by atoms with Gasteiger partial charge in [-0.2, -0.15) is 0 Å². The summed E-state index contributed by atoms with van der Waals surface area (Å²) in [6, 6.07) is 14.7. The molecule has 2 heteroatoms. The van der Waals surface area contributed by atoms with E-state index in [0.717, 1.165) is 23.1 Å². The predicted molar refractivity (Wildman–Crippen MR) is 102 cm³/mol. The second kappa shape index (κ2) is 7.21. The number of benzene rings is 2. The molecule has 0 saturated carbocycles. The van der Waals surface area contributed by atoms with Gasteiger partial charge >= 0.3 is 0 Å². The Morgan fingerprint density at radius 1 is 1.00 bits per heavy atom. The highest BCUT2D eigenvalue weighted by molar-refractivity contribution is 5.96. The normalized spacial score (nSPS) is 12.8. The Morgan fingerprint density at radius 2 is 1.58 bits per heavy atom. The summed E-state index contributed by atoms with van der Waals surface area (Å²) >= 11 is 0. The Morgan fingerprint density at radius 3 is 2.21 bits per heavy atom. The van der Waals surface area contributed by atoms with E-state index in [1.807, 2.05) is 26.0 Å². The number of nitrogens with one attached hydrogen (secondary N) is 1. The van der Waals surface area contributed by atoms with Gasteiger partial charge in [-0.05, 0) is 67.9 Å². The molecule has 0 aliphatic rings. The molecule has 24 heavy (non-hydrogen) atoms. The van der Waals surface area contributed by atoms with Crippen molar-refractivity contribution in [3.05, 3.63) is 70.3 Å². The lowest BCUT2D eigenvalue weighted by atomic mass is 9.79. The maximum Gasteiger partial charge on any atom is 0.251 e. The standard InChI is InChI=1S/C22H29NO/c1-15-12-17(3)20(13-16(15)2)21(24)23-18(4)14-22(5,6)19-10-8-7-9-11-19/h7-13,18H,14H2,1-6H3,(H,23,24). The van der Waals surface area contributed by atoms with Crippen LogP contribution in [0.4, 0.5) is 0 Å². The molecule has 2 nitrogen and oxygen atoms in total. The Bertz CT molecular complexity index is 716. The van der Waals surface area contributed by atoms with E-state index in [9.17, 15) is 4.79 Å². The number of aryl methyl sites for hydroxylation is 3. The summed E-state index contributed by atoms with van der Waals surface area (Å²) < 4.78 is 0. The number of rotatable bonds is 5. The Hall–Kier alpha value is -2.09. The molecule has 0 fully saturated rings. The molecule has 0 heterocycles. The van der Waals surface area contributed by atoms with Crippen LogP contribution in [-0.4, -0.2) is 11.9 Å². The monoisotopic (exact) mass is 323 g/mol. The van der Waals surface area contributed by atoms with Crippen LogP contribution in [0.5, 0.6) is 0 Å². The summed E-state index contributed by atoms with van der Waals surface area (Å²) in [6.45, 7) is 12.7. The summed E-state index contributed by atoms with van der Waals surface area (Å²) in [5, 5.41) is 3.17. The molecule has 2 aromatic rings. The van der Waals surface area contributed by atoms with Crippen molar-refractivity contribution in [3.8, 4) is 0 Å². The average molecular weight is 323 g/mol. The van der Waals surface area contributed by atoms with E-state index in [0.29, 0.717) is 0 Å². The Labute approximate surface area is 146 Å². The van der Waals surface area contributed by atoms with Gasteiger partial charge in [0.2, 0.25) is 0 Å². The number of carbonyl (C=O) groups excluding carboxylic acids is 1. The first-order valence-corrected chi connectivity index (χ1v) is 8.65. The van der Waals surface area contributed by atoms with Gasteiger partial charge in [0, 0.05) is 11.6 Å². The van der Waals surface area contributed by atoms with Gasteiger partial charge in [0.25, 0.3) is 5.91 Å². The van der Waals surface area contributed by atoms with Crippen LogP contribution in [0.25, 0.3) is 0 Å². The second-order valence-electron chi connectivity index (χ2n) is 7.58. The quantitative estimate of drug-likeness (QED) is 0.815. The zero-order valence-corrected chi connectivity index (χ0v) is 15.7. The third-order valence-corrected chi connectivity index (χ3v) is 4.83. The Kier molecular flexibility index (Phi) is 5.48. The molecule has 0 saturated heterocycles. The highest BCUT2D eigenvalue weighted by atomic mass is 16.1. The van der Waals surface area contributed by atoms with Crippen LogP contribution < -0.4 is 5.32 Å². The smallest absolute Gasteiger partial charge is 0.251 e. The number of amides is 1. The van der Waals surface area contributed by atoms with Gasteiger partial charge < -0.3 is 5.32 Å². The molecule has 0 aromatic heterocycles. The molecule has 1 amide bonds. The number of hydrogen-bond acceptors (Lipinski definition) is 1. The number of hydrogen-bond donors (Lipinski definition) is 1. The molecule has 0 aliphatic heterocycles. The predicted octanol–water partition coefficient (Wildman–Crippen LogP) is 5.10. The third-order valence-electron chi connectivity index (χ3n) is 4.83. The van der Waals surface area contributed by atoms with Crippen LogP contribution in [-0.2, 0) is 5.41 Å². The van der Waals surface area contributed by atoms with Gasteiger partial charge in [-0.3, -0.25) is 4.79 Å². The van der Waals surface area contributed by atoms with E-state index >= 15 is 0 Å². The lowest BCUT2D eigenvalue weighted by Crippen LogP contribution is -2.37. The zero-order chi connectivity index (χ0) is 17.9. The first kappa shape index (κ1) is 18.3. The first-order chi connectivity index (χ1) is 11.2. The molecule has 128 valence electrons. The largest absolute Gasteiger partial charge is 0.350 e. The molecule has 0 bridgehead atoms. The molecule has 1 unspecified atom stereocenters. The van der Waals surface area contributed by atoms with Crippen LogP contribution >= 0.6 is 0 Å². The minimum absolute atomic E-state index is 0.0200. The highest BCUT2D eigenvalue weighted by Gasteiger charge is 2.24. The second-order valence-corrected chi connectivity index (χ2v) is 7.58. The van der Waals surface area contributed by atoms with Crippen LogP contribution in [0.2, 0.25) is 0 Å². The molecule has 2 rings (SSSR count). The van der Waals surface area contributed by atoms with E-state index in [2.05, 4.69) is 63.3 Å². The molecule has 0 spiro atoms. The number of carbonyl (C=O) groups is 1. The molecule has 1 atom stereocenters. The lowest BCUT2D eigenvalue weighted by Gasteiger charge is -2.29. The van der Waals surface area contributed by atoms with E-state index in [1.54, 1.807) is 0 Å². The van der Waals surface area contributed by atoms with Gasteiger partial charge in [0.1, 0.15) is 0 Å². The summed E-state index contributed by atoms with van der Waals surface area (Å²) in [5.41, 5.74) is 5.51. The fourth-order valence-electron chi connectivity index (χ4n) is 3.33. The van der Waals surface area contributed by atoms with Gasteiger partial charge in [-0.15, -0.1) is 0 Å². The third kappa shape index (κ3) is 4.25. The van der Waals surface area contributed by atoms with Gasteiger partial charge in [-0.25, -0.2) is 0 Å². The molecule has 1 N–H and O–H groups in total. The summed E-state index contributed by atoms with van der Waals surface area (Å²) in [4.78, 5) is 12.7. The van der Waals surface area contributed by atoms with Crippen molar-refractivity contribution < 1.29 is 4.79 Å². The average Bonchev–Trinajstić information content (AvgIpc) is 2.51. The first-order valence-electron chi connectivity index (χ1n) is 8.65. The zero-order valence-electron chi connectivity index (χ0n) is 15.7. The fourth-order valence-corrected chi connectivity index (χ4v) is 3.33. The van der Waals surface area contributed by atoms with Crippen LogP contribution in [0.15, 0.2) is 42.5 Å². The van der Waals surface area contributed by atoms with Crippen molar-refractivity contribution >= 4 is 5.91 Å². The van der Waals surface area contributed by atoms with Crippen molar-refractivity contribution in [1.29, 1.82) is 0 Å². The van der Waals surface area contributed by atoms with Crippen molar-refractivity contribution in [2.45, 2.75) is 59.4 Å². The Balaban J connectivity index is 2.08. The summed E-state index contributed by atoms with van der Waals surface area (Å²) in [7, 11) is 0. The van der Waals surface area contributed by atoms with Crippen molar-refractivity contribution in [2.75, 3.05) is 0 Å². The van der Waals surface area contributed by atoms with Crippen LogP contribution in [0.3, 0.4) is 0 Å². The van der Waals surface area contributed by atoms with Crippen molar-refractivity contribution in [2.24, 2.45) is 0 Å². The highest BCUT2D eigenvalue weighted by Crippen LogP contribution is 2.28. The maximum atomic E-state index is 12.7. The van der Waals surface area contributed by atoms with Crippen molar-refractivity contribution in [1.82, 2.24) is 5.32 Å². The minimum Gasteiger partial charge on any atom is -0.350 e. The van der Waals surface area contributed by atoms with Crippen molar-refractivity contribution in [3.63, 3.8) is 0 Å². The van der Waals surface area contributed by atoms with E-state index in [1.165, 1.54) is 11.1 Å². The van der Waals surface area contributed by atoms with E-state index in [4.69, 9.17) is 0 Å². The maximum absolute atomic E-state index is 12.7. The molecular formula is C22H29NO. The molecular weight excluding hydrogens is 294 g/mol. The minimum atomic E-state index is 0.0200. The van der Waals surface area contributed by atoms with Gasteiger partial charge in [-0.1, -0.05) is 50.2 Å². The topological polar surface area (TPSA) is 29.1 Å². The van der Waals surface area contributed by atoms with Gasteiger partial charge in [0.15, 0.2) is 0 Å². The SMILES string of the molecule is Cc1cc(C)c(C(=O)NC(C)CC(C)(C)c2ccccc2)cc1C. The molecule has 2 aromatic carbocycles.